The van der Waals surface area contributed by atoms with Crippen LogP contribution in [0.5, 0.6) is 0 Å². The van der Waals surface area contributed by atoms with Crippen LogP contribution in [-0.4, -0.2) is 28.2 Å². The summed E-state index contributed by atoms with van der Waals surface area (Å²) >= 11 is 0. The van der Waals surface area contributed by atoms with Gasteiger partial charge in [-0.05, 0) is 11.0 Å². The van der Waals surface area contributed by atoms with Gasteiger partial charge in [-0.15, -0.1) is 0 Å². The summed E-state index contributed by atoms with van der Waals surface area (Å²) < 4.78 is 0. The third kappa shape index (κ3) is 3.36. The fourth-order valence-corrected chi connectivity index (χ4v) is 1.26. The summed E-state index contributed by atoms with van der Waals surface area (Å²) in [7, 11) is -1.57. The van der Waals surface area contributed by atoms with Crippen molar-refractivity contribution >= 4 is 18.6 Å². The van der Waals surface area contributed by atoms with Gasteiger partial charge in [-0.1, -0.05) is 24.3 Å². The Morgan fingerprint density at radius 2 is 2.13 bits per heavy atom. The first kappa shape index (κ1) is 11.7. The van der Waals surface area contributed by atoms with E-state index in [9.17, 15) is 4.79 Å². The molecule has 1 aromatic carbocycles. The van der Waals surface area contributed by atoms with Crippen LogP contribution >= 0.6 is 0 Å². The SMILES string of the molecule is NC(CC(=O)O)c1cccc(B(O)O)c1. The molecule has 0 spiro atoms. The molecule has 0 saturated carbocycles. The van der Waals surface area contributed by atoms with E-state index in [0.29, 0.717) is 11.0 Å². The van der Waals surface area contributed by atoms with Crippen molar-refractivity contribution < 1.29 is 19.9 Å². The normalized spacial score (nSPS) is 12.2. The molecular weight excluding hydrogens is 197 g/mol. The first-order chi connectivity index (χ1) is 7.00. The van der Waals surface area contributed by atoms with Crippen LogP contribution in [0.3, 0.4) is 0 Å². The second-order valence-corrected chi connectivity index (χ2v) is 3.25. The number of rotatable bonds is 4. The summed E-state index contributed by atoms with van der Waals surface area (Å²) in [5.41, 5.74) is 6.49. The molecule has 6 heteroatoms. The van der Waals surface area contributed by atoms with E-state index in [1.165, 1.54) is 12.1 Å². The quantitative estimate of drug-likeness (QED) is 0.468. The first-order valence-electron chi connectivity index (χ1n) is 4.44. The van der Waals surface area contributed by atoms with Crippen LogP contribution in [0.15, 0.2) is 24.3 Å². The highest BCUT2D eigenvalue weighted by molar-refractivity contribution is 6.58. The Morgan fingerprint density at radius 1 is 1.47 bits per heavy atom. The van der Waals surface area contributed by atoms with Crippen LogP contribution in [-0.2, 0) is 4.79 Å². The number of hydrogen-bond donors (Lipinski definition) is 4. The molecule has 1 atom stereocenters. The van der Waals surface area contributed by atoms with E-state index in [1.807, 2.05) is 0 Å². The lowest BCUT2D eigenvalue weighted by atomic mass is 9.79. The van der Waals surface area contributed by atoms with E-state index in [0.717, 1.165) is 0 Å². The zero-order chi connectivity index (χ0) is 11.4. The lowest BCUT2D eigenvalue weighted by Crippen LogP contribution is -2.30. The second-order valence-electron chi connectivity index (χ2n) is 3.25. The zero-order valence-electron chi connectivity index (χ0n) is 8.00. The number of hydrogen-bond acceptors (Lipinski definition) is 4. The number of carboxylic acids is 1. The molecule has 80 valence electrons. The number of carbonyl (C=O) groups is 1. The van der Waals surface area contributed by atoms with Gasteiger partial charge in [0, 0.05) is 6.04 Å². The van der Waals surface area contributed by atoms with Crippen molar-refractivity contribution in [3.8, 4) is 0 Å². The molecule has 0 aromatic heterocycles. The van der Waals surface area contributed by atoms with Crippen molar-refractivity contribution in [3.05, 3.63) is 29.8 Å². The Kier molecular flexibility index (Phi) is 3.84. The highest BCUT2D eigenvalue weighted by Crippen LogP contribution is 2.12. The van der Waals surface area contributed by atoms with Gasteiger partial charge in [-0.25, -0.2) is 0 Å². The van der Waals surface area contributed by atoms with Gasteiger partial charge < -0.3 is 20.9 Å². The van der Waals surface area contributed by atoms with Gasteiger partial charge in [0.2, 0.25) is 0 Å². The van der Waals surface area contributed by atoms with Gasteiger partial charge >= 0.3 is 13.1 Å². The van der Waals surface area contributed by atoms with Crippen molar-refractivity contribution in [2.24, 2.45) is 5.73 Å². The molecule has 0 saturated heterocycles. The fourth-order valence-electron chi connectivity index (χ4n) is 1.26. The topological polar surface area (TPSA) is 104 Å². The first-order valence-corrected chi connectivity index (χ1v) is 4.44. The van der Waals surface area contributed by atoms with Crippen LogP contribution in [0.25, 0.3) is 0 Å². The predicted octanol–water partition coefficient (Wildman–Crippen LogP) is -1.16. The Bertz CT molecular complexity index is 356. The van der Waals surface area contributed by atoms with E-state index in [1.54, 1.807) is 12.1 Å². The van der Waals surface area contributed by atoms with Crippen molar-refractivity contribution in [1.29, 1.82) is 0 Å². The highest BCUT2D eigenvalue weighted by Gasteiger charge is 2.15. The average molecular weight is 209 g/mol. The fraction of sp³-hybridized carbons (Fsp3) is 0.222. The zero-order valence-corrected chi connectivity index (χ0v) is 8.00. The molecule has 0 aliphatic rings. The molecule has 15 heavy (non-hydrogen) atoms. The van der Waals surface area contributed by atoms with Crippen molar-refractivity contribution in [1.82, 2.24) is 0 Å². The van der Waals surface area contributed by atoms with Gasteiger partial charge in [0.05, 0.1) is 6.42 Å². The molecule has 0 amide bonds. The summed E-state index contributed by atoms with van der Waals surface area (Å²) in [6.07, 6.45) is -0.190. The van der Waals surface area contributed by atoms with Crippen LogP contribution in [0.2, 0.25) is 0 Å². The Morgan fingerprint density at radius 3 is 2.67 bits per heavy atom. The second kappa shape index (κ2) is 4.93. The standard InChI is InChI=1S/C9H12BNO4/c11-8(5-9(12)13)6-2-1-3-7(4-6)10(14)15/h1-4,8,14-15H,5,11H2,(H,12,13). The Hall–Kier alpha value is -1.37. The molecule has 1 rings (SSSR count). The highest BCUT2D eigenvalue weighted by atomic mass is 16.4. The summed E-state index contributed by atoms with van der Waals surface area (Å²) in [4.78, 5) is 10.4. The van der Waals surface area contributed by atoms with Crippen molar-refractivity contribution in [2.45, 2.75) is 12.5 Å². The van der Waals surface area contributed by atoms with Crippen LogP contribution in [0, 0.1) is 0 Å². The molecule has 0 aliphatic carbocycles. The average Bonchev–Trinajstić information content (AvgIpc) is 2.17. The molecule has 5 nitrogen and oxygen atoms in total. The maximum absolute atomic E-state index is 10.4. The van der Waals surface area contributed by atoms with Gasteiger partial charge in [0.1, 0.15) is 0 Å². The minimum atomic E-state index is -1.57. The minimum Gasteiger partial charge on any atom is -0.481 e. The van der Waals surface area contributed by atoms with E-state index < -0.39 is 19.1 Å². The molecule has 5 N–H and O–H groups in total. The maximum atomic E-state index is 10.4. The molecule has 1 unspecified atom stereocenters. The van der Waals surface area contributed by atoms with Crippen molar-refractivity contribution in [2.75, 3.05) is 0 Å². The summed E-state index contributed by atoms with van der Waals surface area (Å²) in [5.74, 6) is -0.988. The number of aliphatic carboxylic acids is 1. The lowest BCUT2D eigenvalue weighted by molar-refractivity contribution is -0.137. The van der Waals surface area contributed by atoms with Gasteiger partial charge in [-0.3, -0.25) is 4.79 Å². The minimum absolute atomic E-state index is 0.190. The summed E-state index contributed by atoms with van der Waals surface area (Å²) in [5, 5.41) is 26.4. The van der Waals surface area contributed by atoms with Gasteiger partial charge in [0.25, 0.3) is 0 Å². The monoisotopic (exact) mass is 209 g/mol. The summed E-state index contributed by atoms with van der Waals surface area (Å²) in [6, 6.07) is 5.63. The number of benzene rings is 1. The van der Waals surface area contributed by atoms with E-state index in [2.05, 4.69) is 0 Å². The molecular formula is C9H12BNO4. The maximum Gasteiger partial charge on any atom is 0.488 e. The van der Waals surface area contributed by atoms with Gasteiger partial charge in [0.15, 0.2) is 0 Å². The Labute approximate surface area is 87.3 Å². The molecule has 0 fully saturated rings. The lowest BCUT2D eigenvalue weighted by Gasteiger charge is -2.10. The van der Waals surface area contributed by atoms with E-state index >= 15 is 0 Å². The largest absolute Gasteiger partial charge is 0.488 e. The van der Waals surface area contributed by atoms with Crippen LogP contribution in [0.4, 0.5) is 0 Å². The molecule has 0 radical (unpaired) electrons. The molecule has 1 aromatic rings. The molecule has 0 aliphatic heterocycles. The third-order valence-electron chi connectivity index (χ3n) is 2.03. The van der Waals surface area contributed by atoms with E-state index in [-0.39, 0.29) is 6.42 Å². The van der Waals surface area contributed by atoms with Crippen LogP contribution in [0.1, 0.15) is 18.0 Å². The smallest absolute Gasteiger partial charge is 0.481 e. The molecule has 0 heterocycles. The van der Waals surface area contributed by atoms with E-state index in [4.69, 9.17) is 20.9 Å². The molecule has 0 bridgehead atoms. The predicted molar refractivity (Wildman–Crippen MR) is 55.4 cm³/mol. The third-order valence-corrected chi connectivity index (χ3v) is 2.03. The number of nitrogens with two attached hydrogens (primary N) is 1. The van der Waals surface area contributed by atoms with Crippen molar-refractivity contribution in [3.63, 3.8) is 0 Å². The number of carboxylic acid groups (broad SMARTS) is 1. The van der Waals surface area contributed by atoms with Gasteiger partial charge in [-0.2, -0.15) is 0 Å². The Balaban J connectivity index is 2.85. The summed E-state index contributed by atoms with van der Waals surface area (Å²) in [6.45, 7) is 0. The van der Waals surface area contributed by atoms with Crippen LogP contribution < -0.4 is 11.2 Å².